The Morgan fingerprint density at radius 2 is 2.09 bits per heavy atom. The molecule has 0 unspecified atom stereocenters. The zero-order valence-electron chi connectivity index (χ0n) is 19.5. The van der Waals surface area contributed by atoms with Gasteiger partial charge in [0.2, 0.25) is 5.91 Å². The number of aromatic nitrogens is 2. The van der Waals surface area contributed by atoms with Crippen molar-refractivity contribution < 1.29 is 9.53 Å². The second kappa shape index (κ2) is 10.8. The van der Waals surface area contributed by atoms with Gasteiger partial charge in [-0.3, -0.25) is 14.2 Å². The Morgan fingerprint density at radius 1 is 1.30 bits per heavy atom. The third-order valence-corrected chi connectivity index (χ3v) is 8.43. The van der Waals surface area contributed by atoms with Crippen LogP contribution in [0.5, 0.6) is 0 Å². The Labute approximate surface area is 202 Å². The van der Waals surface area contributed by atoms with Gasteiger partial charge in [-0.15, -0.1) is 11.3 Å². The molecule has 1 amide bonds. The minimum absolute atomic E-state index is 0.0125. The minimum atomic E-state index is -0.103. The summed E-state index contributed by atoms with van der Waals surface area (Å²) in [5.41, 5.74) is 3.16. The predicted molar refractivity (Wildman–Crippen MR) is 137 cm³/mol. The number of carbonyl (C=O) groups excluding carboxylic acids is 1. The van der Waals surface area contributed by atoms with E-state index in [1.54, 1.807) is 23.0 Å². The second-order valence-corrected chi connectivity index (χ2v) is 10.5. The van der Waals surface area contributed by atoms with Gasteiger partial charge in [0, 0.05) is 17.7 Å². The highest BCUT2D eigenvalue weighted by Crippen LogP contribution is 2.35. The van der Waals surface area contributed by atoms with Crippen LogP contribution in [0, 0.1) is 0 Å². The fourth-order valence-corrected chi connectivity index (χ4v) is 6.41. The van der Waals surface area contributed by atoms with E-state index >= 15 is 0 Å². The standard InChI is InChI=1S/C25H31N3O3S2/c1-4-16(2)17-9-5-7-11-19(17)26-21(29)15-32-25-27-23-22(24(30)28(25)13-14-31-3)18-10-6-8-12-20(18)33-23/h5,7,9,11,16H,4,6,8,10,12-15H2,1-3H3,(H,26,29)/t16-/m1/s1. The van der Waals surface area contributed by atoms with E-state index in [0.717, 1.165) is 53.6 Å². The van der Waals surface area contributed by atoms with Crippen molar-refractivity contribution in [1.29, 1.82) is 0 Å². The van der Waals surface area contributed by atoms with Crippen molar-refractivity contribution in [2.24, 2.45) is 0 Å². The third-order valence-electron chi connectivity index (χ3n) is 6.27. The van der Waals surface area contributed by atoms with Gasteiger partial charge in [-0.25, -0.2) is 4.98 Å². The maximum Gasteiger partial charge on any atom is 0.263 e. The van der Waals surface area contributed by atoms with Crippen LogP contribution in [-0.4, -0.2) is 34.9 Å². The summed E-state index contributed by atoms with van der Waals surface area (Å²) in [7, 11) is 1.62. The number of rotatable bonds is 9. The molecule has 1 aliphatic carbocycles. The smallest absolute Gasteiger partial charge is 0.263 e. The number of aryl methyl sites for hydroxylation is 2. The molecule has 0 bridgehead atoms. The summed E-state index contributed by atoms with van der Waals surface area (Å²) in [6, 6.07) is 7.94. The Bertz CT molecular complexity index is 1200. The lowest BCUT2D eigenvalue weighted by atomic mass is 9.97. The molecule has 33 heavy (non-hydrogen) atoms. The zero-order chi connectivity index (χ0) is 23.4. The Hall–Kier alpha value is -2.16. The molecule has 1 N–H and O–H groups in total. The van der Waals surface area contributed by atoms with Crippen LogP contribution in [0.3, 0.4) is 0 Å². The quantitative estimate of drug-likeness (QED) is 0.332. The van der Waals surface area contributed by atoms with Gasteiger partial charge in [0.1, 0.15) is 4.83 Å². The molecule has 8 heteroatoms. The molecule has 2 aromatic heterocycles. The molecule has 0 saturated carbocycles. The van der Waals surface area contributed by atoms with Crippen LogP contribution >= 0.6 is 23.1 Å². The molecular weight excluding hydrogens is 454 g/mol. The van der Waals surface area contributed by atoms with Crippen molar-refractivity contribution in [2.75, 3.05) is 24.8 Å². The molecule has 2 heterocycles. The van der Waals surface area contributed by atoms with Gasteiger partial charge in [0.15, 0.2) is 5.16 Å². The highest BCUT2D eigenvalue weighted by molar-refractivity contribution is 7.99. The number of anilines is 1. The first-order valence-corrected chi connectivity index (χ1v) is 13.4. The number of methoxy groups -OCH3 is 1. The van der Waals surface area contributed by atoms with Gasteiger partial charge >= 0.3 is 0 Å². The van der Waals surface area contributed by atoms with Crippen molar-refractivity contribution >= 4 is 44.9 Å². The molecule has 6 nitrogen and oxygen atoms in total. The van der Waals surface area contributed by atoms with E-state index in [9.17, 15) is 9.59 Å². The summed E-state index contributed by atoms with van der Waals surface area (Å²) in [4.78, 5) is 33.2. The number of nitrogens with zero attached hydrogens (tertiary/aromatic N) is 2. The van der Waals surface area contributed by atoms with Gasteiger partial charge in [-0.2, -0.15) is 0 Å². The Morgan fingerprint density at radius 3 is 2.88 bits per heavy atom. The lowest BCUT2D eigenvalue weighted by Gasteiger charge is -2.16. The zero-order valence-corrected chi connectivity index (χ0v) is 21.1. The topological polar surface area (TPSA) is 73.2 Å². The summed E-state index contributed by atoms with van der Waals surface area (Å²) in [6.45, 7) is 5.14. The van der Waals surface area contributed by atoms with E-state index in [2.05, 4.69) is 25.2 Å². The molecule has 1 aliphatic rings. The summed E-state index contributed by atoms with van der Waals surface area (Å²) >= 11 is 2.95. The van der Waals surface area contributed by atoms with Crippen LogP contribution in [0.15, 0.2) is 34.2 Å². The van der Waals surface area contributed by atoms with Gasteiger partial charge in [0.05, 0.1) is 24.3 Å². The number of amides is 1. The largest absolute Gasteiger partial charge is 0.383 e. The van der Waals surface area contributed by atoms with Crippen LogP contribution in [0.2, 0.25) is 0 Å². The third kappa shape index (κ3) is 5.18. The maximum atomic E-state index is 13.4. The van der Waals surface area contributed by atoms with Crippen LogP contribution in [0.4, 0.5) is 5.69 Å². The number of thioether (sulfide) groups is 1. The van der Waals surface area contributed by atoms with E-state index in [-0.39, 0.29) is 17.2 Å². The molecule has 3 aromatic rings. The summed E-state index contributed by atoms with van der Waals surface area (Å²) in [6.07, 6.45) is 5.25. The van der Waals surface area contributed by atoms with E-state index in [1.165, 1.54) is 22.2 Å². The van der Waals surface area contributed by atoms with E-state index in [4.69, 9.17) is 9.72 Å². The van der Waals surface area contributed by atoms with Gasteiger partial charge < -0.3 is 10.1 Å². The van der Waals surface area contributed by atoms with Gasteiger partial charge in [-0.1, -0.05) is 43.8 Å². The molecule has 4 rings (SSSR count). The summed E-state index contributed by atoms with van der Waals surface area (Å²) in [5, 5.41) is 4.40. The SMILES string of the molecule is CC[C@@H](C)c1ccccc1NC(=O)CSc1nc2sc3c(c2c(=O)n1CCOC)CCCC3. The number of benzene rings is 1. The number of hydrogen-bond acceptors (Lipinski definition) is 6. The maximum absolute atomic E-state index is 13.4. The van der Waals surface area contributed by atoms with Crippen molar-refractivity contribution in [3.8, 4) is 0 Å². The van der Waals surface area contributed by atoms with E-state index < -0.39 is 0 Å². The van der Waals surface area contributed by atoms with Crippen molar-refractivity contribution in [1.82, 2.24) is 9.55 Å². The molecule has 0 spiro atoms. The second-order valence-electron chi connectivity index (χ2n) is 8.47. The van der Waals surface area contributed by atoms with Gasteiger partial charge in [0.25, 0.3) is 5.56 Å². The van der Waals surface area contributed by atoms with Crippen LogP contribution in [0.1, 0.15) is 55.0 Å². The molecular formula is C25H31N3O3S2. The monoisotopic (exact) mass is 485 g/mol. The molecule has 176 valence electrons. The summed E-state index contributed by atoms with van der Waals surface area (Å²) < 4.78 is 6.92. The Balaban J connectivity index is 1.58. The van der Waals surface area contributed by atoms with Crippen LogP contribution < -0.4 is 10.9 Å². The molecule has 0 radical (unpaired) electrons. The highest BCUT2D eigenvalue weighted by Gasteiger charge is 2.22. The first kappa shape index (κ1) is 24.0. The van der Waals surface area contributed by atoms with Crippen LogP contribution in [0.25, 0.3) is 10.2 Å². The number of fused-ring (bicyclic) bond motifs is 3. The highest BCUT2D eigenvalue weighted by atomic mass is 32.2. The molecule has 0 fully saturated rings. The average Bonchev–Trinajstić information content (AvgIpc) is 3.20. The summed E-state index contributed by atoms with van der Waals surface area (Å²) in [5.74, 6) is 0.446. The van der Waals surface area contributed by atoms with Crippen molar-refractivity contribution in [2.45, 2.75) is 63.6 Å². The number of nitrogens with one attached hydrogen (secondary N) is 1. The number of thiophene rings is 1. The van der Waals surface area contributed by atoms with Gasteiger partial charge in [-0.05, 0) is 55.2 Å². The molecule has 0 saturated heterocycles. The molecule has 0 aliphatic heterocycles. The van der Waals surface area contributed by atoms with Crippen LogP contribution in [-0.2, 0) is 28.9 Å². The Kier molecular flexibility index (Phi) is 7.88. The lowest BCUT2D eigenvalue weighted by molar-refractivity contribution is -0.113. The minimum Gasteiger partial charge on any atom is -0.383 e. The van der Waals surface area contributed by atoms with Crippen molar-refractivity contribution in [3.63, 3.8) is 0 Å². The van der Waals surface area contributed by atoms with Crippen molar-refractivity contribution in [3.05, 3.63) is 50.6 Å². The average molecular weight is 486 g/mol. The fourth-order valence-electron chi connectivity index (χ4n) is 4.29. The normalized spacial score (nSPS) is 14.3. The first-order chi connectivity index (χ1) is 16.0. The first-order valence-electron chi connectivity index (χ1n) is 11.6. The molecule has 1 atom stereocenters. The number of para-hydroxylation sites is 1. The number of carbonyl (C=O) groups is 1. The fraction of sp³-hybridized carbons (Fsp3) is 0.480. The predicted octanol–water partition coefficient (Wildman–Crippen LogP) is 5.23. The lowest BCUT2D eigenvalue weighted by Crippen LogP contribution is -2.26. The number of hydrogen-bond donors (Lipinski definition) is 1. The number of ether oxygens (including phenoxy) is 1. The van der Waals surface area contributed by atoms with E-state index in [0.29, 0.717) is 24.2 Å². The van der Waals surface area contributed by atoms with E-state index in [1.807, 2.05) is 18.2 Å². The molecule has 1 aromatic carbocycles.